The van der Waals surface area contributed by atoms with Crippen LogP contribution in [0.5, 0.6) is 0 Å². The van der Waals surface area contributed by atoms with Crippen molar-refractivity contribution in [3.8, 4) is 0 Å². The molecule has 3 aromatic heterocycles. The molecule has 3 aromatic rings. The van der Waals surface area contributed by atoms with Crippen LogP contribution in [0.1, 0.15) is 0 Å². The normalized spacial score (nSPS) is 10.9. The standard InChI is InChI=1S/C10H6BrN5S/c11-6-1-2-7(12-3-6)17-10-8-9(14-4-13-8)15-5-16-10/h1-5H,(H,13,14,15,16). The van der Waals surface area contributed by atoms with E-state index in [1.807, 2.05) is 12.1 Å². The highest BCUT2D eigenvalue weighted by Gasteiger charge is 2.07. The van der Waals surface area contributed by atoms with Crippen molar-refractivity contribution in [3.63, 3.8) is 0 Å². The lowest BCUT2D eigenvalue weighted by Gasteiger charge is -2.00. The zero-order valence-electron chi connectivity index (χ0n) is 8.46. The highest BCUT2D eigenvalue weighted by molar-refractivity contribution is 9.10. The van der Waals surface area contributed by atoms with E-state index in [2.05, 4.69) is 40.8 Å². The van der Waals surface area contributed by atoms with Gasteiger partial charge in [-0.25, -0.2) is 19.9 Å². The van der Waals surface area contributed by atoms with Gasteiger partial charge in [0, 0.05) is 10.7 Å². The highest BCUT2D eigenvalue weighted by Crippen LogP contribution is 2.28. The third-order valence-corrected chi connectivity index (χ3v) is 3.51. The van der Waals surface area contributed by atoms with Crippen LogP contribution in [-0.2, 0) is 0 Å². The molecule has 0 atom stereocenters. The Morgan fingerprint density at radius 3 is 2.88 bits per heavy atom. The van der Waals surface area contributed by atoms with Crippen LogP contribution in [-0.4, -0.2) is 24.9 Å². The summed E-state index contributed by atoms with van der Waals surface area (Å²) in [6, 6.07) is 3.87. The Bertz CT molecular complexity index is 651. The predicted molar refractivity (Wildman–Crippen MR) is 67.7 cm³/mol. The number of fused-ring (bicyclic) bond motifs is 1. The van der Waals surface area contributed by atoms with Crippen LogP contribution in [0.25, 0.3) is 11.2 Å². The number of nitrogens with one attached hydrogen (secondary N) is 1. The van der Waals surface area contributed by atoms with Crippen molar-refractivity contribution in [2.45, 2.75) is 10.1 Å². The molecule has 1 N–H and O–H groups in total. The molecule has 3 rings (SSSR count). The first-order chi connectivity index (χ1) is 8.33. The summed E-state index contributed by atoms with van der Waals surface area (Å²) in [7, 11) is 0. The fraction of sp³-hybridized carbons (Fsp3) is 0. The number of hydrogen-bond acceptors (Lipinski definition) is 5. The molecule has 5 nitrogen and oxygen atoms in total. The van der Waals surface area contributed by atoms with Crippen molar-refractivity contribution in [2.24, 2.45) is 0 Å². The van der Waals surface area contributed by atoms with E-state index in [-0.39, 0.29) is 0 Å². The van der Waals surface area contributed by atoms with Gasteiger partial charge in [0.1, 0.15) is 21.9 Å². The van der Waals surface area contributed by atoms with Crippen LogP contribution in [0.15, 0.2) is 45.5 Å². The predicted octanol–water partition coefficient (Wildman–Crippen LogP) is 2.66. The lowest BCUT2D eigenvalue weighted by Crippen LogP contribution is -1.87. The Morgan fingerprint density at radius 1 is 1.12 bits per heavy atom. The molecule has 84 valence electrons. The van der Waals surface area contributed by atoms with Crippen LogP contribution >= 0.6 is 27.7 Å². The van der Waals surface area contributed by atoms with Gasteiger partial charge in [-0.05, 0) is 39.8 Å². The Hall–Kier alpha value is -1.47. The van der Waals surface area contributed by atoms with E-state index in [0.29, 0.717) is 5.65 Å². The lowest BCUT2D eigenvalue weighted by atomic mass is 10.5. The van der Waals surface area contributed by atoms with Gasteiger partial charge in [-0.2, -0.15) is 0 Å². The van der Waals surface area contributed by atoms with Crippen molar-refractivity contribution in [1.82, 2.24) is 24.9 Å². The van der Waals surface area contributed by atoms with Crippen molar-refractivity contribution >= 4 is 38.9 Å². The van der Waals surface area contributed by atoms with Crippen molar-refractivity contribution < 1.29 is 0 Å². The minimum absolute atomic E-state index is 0.666. The highest BCUT2D eigenvalue weighted by atomic mass is 79.9. The summed E-state index contributed by atoms with van der Waals surface area (Å²) < 4.78 is 0.955. The second kappa shape index (κ2) is 4.42. The first-order valence-electron chi connectivity index (χ1n) is 4.76. The van der Waals surface area contributed by atoms with Gasteiger partial charge in [-0.3, -0.25) is 0 Å². The average Bonchev–Trinajstić information content (AvgIpc) is 2.81. The number of nitrogens with zero attached hydrogens (tertiary/aromatic N) is 4. The Labute approximate surface area is 109 Å². The minimum Gasteiger partial charge on any atom is -0.341 e. The third-order valence-electron chi connectivity index (χ3n) is 2.09. The minimum atomic E-state index is 0.666. The average molecular weight is 308 g/mol. The van der Waals surface area contributed by atoms with Gasteiger partial charge in [-0.1, -0.05) is 0 Å². The zero-order valence-corrected chi connectivity index (χ0v) is 10.9. The van der Waals surface area contributed by atoms with Crippen LogP contribution < -0.4 is 0 Å². The zero-order chi connectivity index (χ0) is 11.7. The van der Waals surface area contributed by atoms with Gasteiger partial charge >= 0.3 is 0 Å². The van der Waals surface area contributed by atoms with Crippen LogP contribution in [0, 0.1) is 0 Å². The Kier molecular flexibility index (Phi) is 2.77. The number of H-pyrrole nitrogens is 1. The van der Waals surface area contributed by atoms with E-state index in [4.69, 9.17) is 0 Å². The van der Waals surface area contributed by atoms with E-state index in [0.717, 1.165) is 20.0 Å². The molecule has 3 heterocycles. The molecule has 0 unspecified atom stereocenters. The summed E-state index contributed by atoms with van der Waals surface area (Å²) >= 11 is 4.83. The summed E-state index contributed by atoms with van der Waals surface area (Å²) in [6.45, 7) is 0. The summed E-state index contributed by atoms with van der Waals surface area (Å²) in [4.78, 5) is 19.7. The summed E-state index contributed by atoms with van der Waals surface area (Å²) in [5.41, 5.74) is 1.50. The molecule has 0 saturated heterocycles. The van der Waals surface area contributed by atoms with Crippen molar-refractivity contribution in [1.29, 1.82) is 0 Å². The van der Waals surface area contributed by atoms with Crippen LogP contribution in [0.4, 0.5) is 0 Å². The fourth-order valence-electron chi connectivity index (χ4n) is 1.34. The number of halogens is 1. The molecule has 7 heteroatoms. The summed E-state index contributed by atoms with van der Waals surface area (Å²) in [5, 5.41) is 1.70. The second-order valence-corrected chi connectivity index (χ2v) is 5.12. The molecule has 0 amide bonds. The quantitative estimate of drug-likeness (QED) is 0.737. The smallest absolute Gasteiger partial charge is 0.181 e. The molecule has 17 heavy (non-hydrogen) atoms. The molecule has 0 radical (unpaired) electrons. The molecule has 0 bridgehead atoms. The maximum absolute atomic E-state index is 4.29. The van der Waals surface area contributed by atoms with Crippen molar-refractivity contribution in [3.05, 3.63) is 35.5 Å². The van der Waals surface area contributed by atoms with Gasteiger partial charge in [-0.15, -0.1) is 0 Å². The third kappa shape index (κ3) is 2.16. The summed E-state index contributed by atoms with van der Waals surface area (Å²) in [6.07, 6.45) is 4.87. The van der Waals surface area contributed by atoms with E-state index in [9.17, 15) is 0 Å². The molecule has 0 aliphatic rings. The van der Waals surface area contributed by atoms with Crippen LogP contribution in [0.2, 0.25) is 0 Å². The molecule has 0 spiro atoms. The number of rotatable bonds is 2. The largest absolute Gasteiger partial charge is 0.341 e. The molecule has 0 aromatic carbocycles. The maximum Gasteiger partial charge on any atom is 0.181 e. The van der Waals surface area contributed by atoms with E-state index >= 15 is 0 Å². The lowest BCUT2D eigenvalue weighted by molar-refractivity contribution is 1.07. The SMILES string of the molecule is Brc1ccc(Sc2ncnc3nc[nH]c23)nc1. The molecule has 0 saturated carbocycles. The number of aromatic amines is 1. The van der Waals surface area contributed by atoms with Crippen LogP contribution in [0.3, 0.4) is 0 Å². The maximum atomic E-state index is 4.29. The molecular weight excluding hydrogens is 302 g/mol. The van der Waals surface area contributed by atoms with Crippen molar-refractivity contribution in [2.75, 3.05) is 0 Å². The fourth-order valence-corrected chi connectivity index (χ4v) is 2.37. The Balaban J connectivity index is 1.99. The van der Waals surface area contributed by atoms with Gasteiger partial charge < -0.3 is 4.98 Å². The van der Waals surface area contributed by atoms with Gasteiger partial charge in [0.25, 0.3) is 0 Å². The van der Waals surface area contributed by atoms with E-state index in [1.54, 1.807) is 12.5 Å². The number of hydrogen-bond donors (Lipinski definition) is 1. The first kappa shape index (κ1) is 10.7. The number of aromatic nitrogens is 5. The van der Waals surface area contributed by atoms with E-state index in [1.165, 1.54) is 18.1 Å². The second-order valence-electron chi connectivity index (χ2n) is 3.20. The van der Waals surface area contributed by atoms with Gasteiger partial charge in [0.15, 0.2) is 5.65 Å². The first-order valence-corrected chi connectivity index (χ1v) is 6.37. The molecule has 0 aliphatic carbocycles. The molecular formula is C10H6BrN5S. The molecule has 0 fully saturated rings. The van der Waals surface area contributed by atoms with E-state index < -0.39 is 0 Å². The topological polar surface area (TPSA) is 67.3 Å². The number of pyridine rings is 1. The summed E-state index contributed by atoms with van der Waals surface area (Å²) in [5.74, 6) is 0. The Morgan fingerprint density at radius 2 is 2.06 bits per heavy atom. The number of imidazole rings is 1. The molecule has 0 aliphatic heterocycles. The monoisotopic (exact) mass is 307 g/mol. The van der Waals surface area contributed by atoms with Gasteiger partial charge in [0.2, 0.25) is 0 Å². The van der Waals surface area contributed by atoms with Gasteiger partial charge in [0.05, 0.1) is 6.33 Å².